The Morgan fingerprint density at radius 3 is 2.76 bits per heavy atom. The van der Waals surface area contributed by atoms with E-state index < -0.39 is 15.8 Å². The highest BCUT2D eigenvalue weighted by atomic mass is 32.2. The maximum Gasteiger partial charge on any atom is 0.233 e. The Bertz CT molecular complexity index is 574. The SMILES string of the molecule is N#Cc1cc(F)ccc1NS(=O)(=O)CC1CC1. The first-order valence-corrected chi connectivity index (χ1v) is 6.85. The Morgan fingerprint density at radius 2 is 2.18 bits per heavy atom. The Balaban J connectivity index is 2.20. The molecule has 0 bridgehead atoms. The molecule has 6 heteroatoms. The lowest BCUT2D eigenvalue weighted by atomic mass is 10.2. The quantitative estimate of drug-likeness (QED) is 0.891. The van der Waals surface area contributed by atoms with Crippen molar-refractivity contribution in [3.8, 4) is 6.07 Å². The number of nitrogens with zero attached hydrogens (tertiary/aromatic N) is 1. The average molecular weight is 254 g/mol. The Labute approximate surface area is 99.1 Å². The summed E-state index contributed by atoms with van der Waals surface area (Å²) in [6.07, 6.45) is 1.85. The van der Waals surface area contributed by atoms with Crippen LogP contribution in [0.15, 0.2) is 18.2 Å². The number of sulfonamides is 1. The van der Waals surface area contributed by atoms with Gasteiger partial charge in [0.05, 0.1) is 17.0 Å². The zero-order chi connectivity index (χ0) is 12.5. The summed E-state index contributed by atoms with van der Waals surface area (Å²) < 4.78 is 38.6. The van der Waals surface area contributed by atoms with Crippen LogP contribution in [0.4, 0.5) is 10.1 Å². The number of rotatable bonds is 4. The zero-order valence-electron chi connectivity index (χ0n) is 8.98. The fourth-order valence-electron chi connectivity index (χ4n) is 1.50. The van der Waals surface area contributed by atoms with Crippen molar-refractivity contribution in [3.05, 3.63) is 29.6 Å². The number of anilines is 1. The molecule has 0 saturated heterocycles. The van der Waals surface area contributed by atoms with Gasteiger partial charge < -0.3 is 0 Å². The van der Waals surface area contributed by atoms with Crippen LogP contribution in [0, 0.1) is 23.1 Å². The van der Waals surface area contributed by atoms with E-state index in [0.717, 1.165) is 25.0 Å². The van der Waals surface area contributed by atoms with Gasteiger partial charge in [-0.3, -0.25) is 4.72 Å². The van der Waals surface area contributed by atoms with E-state index in [1.165, 1.54) is 6.07 Å². The molecule has 1 aliphatic carbocycles. The lowest BCUT2D eigenvalue weighted by molar-refractivity contribution is 0.597. The highest BCUT2D eigenvalue weighted by Gasteiger charge is 2.28. The monoisotopic (exact) mass is 254 g/mol. The van der Waals surface area contributed by atoms with Crippen molar-refractivity contribution < 1.29 is 12.8 Å². The van der Waals surface area contributed by atoms with Gasteiger partial charge in [-0.05, 0) is 37.0 Å². The Hall–Kier alpha value is -1.61. The molecule has 0 radical (unpaired) electrons. The maximum atomic E-state index is 12.9. The van der Waals surface area contributed by atoms with Crippen LogP contribution in [-0.2, 0) is 10.0 Å². The summed E-state index contributed by atoms with van der Waals surface area (Å²) in [6, 6.07) is 5.15. The lowest BCUT2D eigenvalue weighted by Gasteiger charge is -2.08. The molecule has 0 heterocycles. The molecule has 2 rings (SSSR count). The van der Waals surface area contributed by atoms with Gasteiger partial charge in [0.15, 0.2) is 0 Å². The van der Waals surface area contributed by atoms with Crippen molar-refractivity contribution in [1.82, 2.24) is 0 Å². The molecule has 0 spiro atoms. The van der Waals surface area contributed by atoms with Crippen molar-refractivity contribution in [3.63, 3.8) is 0 Å². The molecule has 0 unspecified atom stereocenters. The van der Waals surface area contributed by atoms with Crippen molar-refractivity contribution in [1.29, 1.82) is 5.26 Å². The average Bonchev–Trinajstić information content (AvgIpc) is 3.03. The van der Waals surface area contributed by atoms with E-state index >= 15 is 0 Å². The molecule has 90 valence electrons. The van der Waals surface area contributed by atoms with E-state index in [-0.39, 0.29) is 22.9 Å². The molecule has 1 aliphatic rings. The normalized spacial score (nSPS) is 15.3. The van der Waals surface area contributed by atoms with E-state index in [1.54, 1.807) is 6.07 Å². The van der Waals surface area contributed by atoms with Crippen molar-refractivity contribution >= 4 is 15.7 Å². The van der Waals surface area contributed by atoms with Gasteiger partial charge in [-0.2, -0.15) is 5.26 Å². The third-order valence-corrected chi connectivity index (χ3v) is 3.96. The number of hydrogen-bond acceptors (Lipinski definition) is 3. The van der Waals surface area contributed by atoms with Crippen molar-refractivity contribution in [2.45, 2.75) is 12.8 Å². The minimum absolute atomic E-state index is 0.00984. The number of hydrogen-bond donors (Lipinski definition) is 1. The Kier molecular flexibility index (Phi) is 3.03. The number of nitrogens with one attached hydrogen (secondary N) is 1. The van der Waals surface area contributed by atoms with Crippen LogP contribution in [0.2, 0.25) is 0 Å². The van der Waals surface area contributed by atoms with E-state index in [4.69, 9.17) is 5.26 Å². The van der Waals surface area contributed by atoms with Crippen LogP contribution in [0.5, 0.6) is 0 Å². The number of halogens is 1. The molecule has 0 amide bonds. The van der Waals surface area contributed by atoms with Gasteiger partial charge in [0.25, 0.3) is 0 Å². The van der Waals surface area contributed by atoms with Crippen LogP contribution < -0.4 is 4.72 Å². The standard InChI is InChI=1S/C11H11FN2O2S/c12-10-3-4-11(9(5-10)6-13)14-17(15,16)7-8-1-2-8/h3-5,8,14H,1-2,7H2. The molecular formula is C11H11FN2O2S. The summed E-state index contributed by atoms with van der Waals surface area (Å²) in [5.41, 5.74) is 0.124. The first-order chi connectivity index (χ1) is 8.00. The highest BCUT2D eigenvalue weighted by Crippen LogP contribution is 2.31. The molecule has 1 saturated carbocycles. The van der Waals surface area contributed by atoms with Gasteiger partial charge >= 0.3 is 0 Å². The maximum absolute atomic E-state index is 12.9. The second-order valence-corrected chi connectivity index (χ2v) is 5.90. The third kappa shape index (κ3) is 3.17. The summed E-state index contributed by atoms with van der Waals surface area (Å²) in [4.78, 5) is 0. The highest BCUT2D eigenvalue weighted by molar-refractivity contribution is 7.92. The summed E-state index contributed by atoms with van der Waals surface area (Å²) in [5, 5.41) is 8.78. The lowest BCUT2D eigenvalue weighted by Crippen LogP contribution is -2.18. The van der Waals surface area contributed by atoms with Crippen molar-refractivity contribution in [2.75, 3.05) is 10.5 Å². The summed E-state index contributed by atoms with van der Waals surface area (Å²) in [6.45, 7) is 0. The molecule has 1 aromatic rings. The summed E-state index contributed by atoms with van der Waals surface area (Å²) in [5.74, 6) is -0.278. The molecular weight excluding hydrogens is 243 g/mol. The predicted octanol–water partition coefficient (Wildman–Crippen LogP) is 1.85. The number of benzene rings is 1. The van der Waals surface area contributed by atoms with Crippen molar-refractivity contribution in [2.24, 2.45) is 5.92 Å². The molecule has 17 heavy (non-hydrogen) atoms. The van der Waals surface area contributed by atoms with E-state index in [2.05, 4.69) is 4.72 Å². The van der Waals surface area contributed by atoms with Gasteiger partial charge in [-0.15, -0.1) is 0 Å². The topological polar surface area (TPSA) is 70.0 Å². The molecule has 1 fully saturated rings. The molecule has 0 aliphatic heterocycles. The fourth-order valence-corrected chi connectivity index (χ4v) is 3.05. The zero-order valence-corrected chi connectivity index (χ0v) is 9.80. The summed E-state index contributed by atoms with van der Waals surface area (Å²) in [7, 11) is -3.44. The van der Waals surface area contributed by atoms with Crippen LogP contribution >= 0.6 is 0 Å². The number of nitriles is 1. The van der Waals surface area contributed by atoms with Gasteiger partial charge in [0.2, 0.25) is 10.0 Å². The third-order valence-electron chi connectivity index (χ3n) is 2.52. The minimum atomic E-state index is -3.44. The Morgan fingerprint density at radius 1 is 1.47 bits per heavy atom. The van der Waals surface area contributed by atoms with E-state index in [1.807, 2.05) is 0 Å². The first-order valence-electron chi connectivity index (χ1n) is 5.20. The van der Waals surface area contributed by atoms with Crippen LogP contribution in [-0.4, -0.2) is 14.2 Å². The van der Waals surface area contributed by atoms with Gasteiger partial charge in [0.1, 0.15) is 11.9 Å². The van der Waals surface area contributed by atoms with E-state index in [9.17, 15) is 12.8 Å². The van der Waals surface area contributed by atoms with Crippen LogP contribution in [0.1, 0.15) is 18.4 Å². The first kappa shape index (κ1) is 11.9. The smallest absolute Gasteiger partial charge is 0.233 e. The van der Waals surface area contributed by atoms with Gasteiger partial charge in [-0.25, -0.2) is 12.8 Å². The summed E-state index contributed by atoms with van der Waals surface area (Å²) >= 11 is 0. The molecule has 4 nitrogen and oxygen atoms in total. The van der Waals surface area contributed by atoms with Gasteiger partial charge in [-0.1, -0.05) is 0 Å². The van der Waals surface area contributed by atoms with Crippen LogP contribution in [0.3, 0.4) is 0 Å². The minimum Gasteiger partial charge on any atom is -0.282 e. The van der Waals surface area contributed by atoms with E-state index in [0.29, 0.717) is 0 Å². The molecule has 0 atom stereocenters. The molecule has 1 aromatic carbocycles. The molecule has 0 aromatic heterocycles. The predicted molar refractivity (Wildman–Crippen MR) is 61.2 cm³/mol. The van der Waals surface area contributed by atoms with Gasteiger partial charge in [0, 0.05) is 0 Å². The fraction of sp³-hybridized carbons (Fsp3) is 0.364. The largest absolute Gasteiger partial charge is 0.282 e. The van der Waals surface area contributed by atoms with Crippen LogP contribution in [0.25, 0.3) is 0 Å². The molecule has 1 N–H and O–H groups in total. The second kappa shape index (κ2) is 4.34. The second-order valence-electron chi connectivity index (χ2n) is 4.13.